The zero-order valence-corrected chi connectivity index (χ0v) is 13.3. The number of sulfonamides is 1. The normalized spacial score (nSPS) is 17.1. The summed E-state index contributed by atoms with van der Waals surface area (Å²) in [4.78, 5) is 0.374. The zero-order valence-electron chi connectivity index (χ0n) is 12.5. The van der Waals surface area contributed by atoms with Gasteiger partial charge in [0.15, 0.2) is 0 Å². The van der Waals surface area contributed by atoms with E-state index in [1.165, 1.54) is 0 Å². The quantitative estimate of drug-likeness (QED) is 0.793. The molecule has 1 fully saturated rings. The lowest BCUT2D eigenvalue weighted by Crippen LogP contribution is -2.31. The van der Waals surface area contributed by atoms with Gasteiger partial charge in [0.2, 0.25) is 10.0 Å². The van der Waals surface area contributed by atoms with Gasteiger partial charge in [0, 0.05) is 12.2 Å². The standard InChI is InChI=1S/C15H24N2O2S/c1-4-5-15(6-7-15)10-17-20(18,19)14-11(2)8-13(16)9-12(14)3/h8-9,17H,4-7,10,16H2,1-3H3. The van der Waals surface area contributed by atoms with Gasteiger partial charge in [-0.3, -0.25) is 0 Å². The van der Waals surface area contributed by atoms with E-state index in [1.807, 2.05) is 0 Å². The van der Waals surface area contributed by atoms with Gasteiger partial charge in [0.25, 0.3) is 0 Å². The predicted octanol–water partition coefficient (Wildman–Crippen LogP) is 2.74. The maximum Gasteiger partial charge on any atom is 0.241 e. The molecule has 0 aromatic heterocycles. The van der Waals surface area contributed by atoms with E-state index < -0.39 is 10.0 Å². The zero-order chi connectivity index (χ0) is 15.0. The first-order chi connectivity index (χ1) is 9.30. The highest BCUT2D eigenvalue weighted by molar-refractivity contribution is 7.89. The number of nitrogens with one attached hydrogen (secondary N) is 1. The highest BCUT2D eigenvalue weighted by Gasteiger charge is 2.42. The Morgan fingerprint density at radius 3 is 2.25 bits per heavy atom. The predicted molar refractivity (Wildman–Crippen MR) is 82.1 cm³/mol. The van der Waals surface area contributed by atoms with Gasteiger partial charge >= 0.3 is 0 Å². The van der Waals surface area contributed by atoms with Crippen molar-refractivity contribution >= 4 is 15.7 Å². The molecule has 5 heteroatoms. The summed E-state index contributed by atoms with van der Waals surface area (Å²) in [6.45, 7) is 6.27. The van der Waals surface area contributed by atoms with E-state index in [2.05, 4.69) is 11.6 Å². The highest BCUT2D eigenvalue weighted by Crippen LogP contribution is 2.49. The van der Waals surface area contributed by atoms with E-state index in [1.54, 1.807) is 26.0 Å². The third-order valence-corrected chi connectivity index (χ3v) is 5.83. The lowest BCUT2D eigenvalue weighted by Gasteiger charge is -2.17. The Balaban J connectivity index is 2.19. The van der Waals surface area contributed by atoms with E-state index in [4.69, 9.17) is 5.73 Å². The van der Waals surface area contributed by atoms with Crippen LogP contribution in [0.1, 0.15) is 43.7 Å². The van der Waals surface area contributed by atoms with Crippen LogP contribution >= 0.6 is 0 Å². The Kier molecular flexibility index (Phi) is 4.12. The summed E-state index contributed by atoms with van der Waals surface area (Å²) in [6.07, 6.45) is 4.45. The fourth-order valence-electron chi connectivity index (χ4n) is 2.95. The van der Waals surface area contributed by atoms with Crippen LogP contribution in [0, 0.1) is 19.3 Å². The fraction of sp³-hybridized carbons (Fsp3) is 0.600. The summed E-state index contributed by atoms with van der Waals surface area (Å²) in [5.74, 6) is 0. The molecule has 20 heavy (non-hydrogen) atoms. The molecule has 0 heterocycles. The number of aryl methyl sites for hydroxylation is 2. The average Bonchev–Trinajstić information content (AvgIpc) is 3.06. The molecule has 2 rings (SSSR count). The van der Waals surface area contributed by atoms with Crippen molar-refractivity contribution in [3.05, 3.63) is 23.3 Å². The summed E-state index contributed by atoms with van der Waals surface area (Å²) in [5, 5.41) is 0. The Hall–Kier alpha value is -1.07. The maximum atomic E-state index is 12.5. The van der Waals surface area contributed by atoms with Gasteiger partial charge in [-0.1, -0.05) is 13.3 Å². The summed E-state index contributed by atoms with van der Waals surface area (Å²) in [5.41, 5.74) is 7.96. The number of nitrogen functional groups attached to an aromatic ring is 1. The Morgan fingerprint density at radius 2 is 1.80 bits per heavy atom. The minimum absolute atomic E-state index is 0.206. The van der Waals surface area contributed by atoms with Crippen molar-refractivity contribution in [2.45, 2.75) is 51.3 Å². The molecule has 0 unspecified atom stereocenters. The van der Waals surface area contributed by atoms with E-state index in [0.717, 1.165) is 25.7 Å². The Labute approximate surface area is 121 Å². The van der Waals surface area contributed by atoms with Crippen LogP contribution in [0.2, 0.25) is 0 Å². The van der Waals surface area contributed by atoms with Crippen LogP contribution in [-0.4, -0.2) is 15.0 Å². The highest BCUT2D eigenvalue weighted by atomic mass is 32.2. The second kappa shape index (κ2) is 5.37. The van der Waals surface area contributed by atoms with Crippen LogP contribution in [0.4, 0.5) is 5.69 Å². The van der Waals surface area contributed by atoms with Crippen molar-refractivity contribution in [3.8, 4) is 0 Å². The van der Waals surface area contributed by atoms with Gasteiger partial charge in [0.1, 0.15) is 0 Å². The smallest absolute Gasteiger partial charge is 0.241 e. The SMILES string of the molecule is CCCC1(CNS(=O)(=O)c2c(C)cc(N)cc2C)CC1. The molecule has 1 aliphatic carbocycles. The molecular weight excluding hydrogens is 272 g/mol. The molecule has 0 atom stereocenters. The van der Waals surface area contributed by atoms with Gasteiger partial charge in [-0.25, -0.2) is 13.1 Å². The molecule has 1 aromatic carbocycles. The van der Waals surface area contributed by atoms with E-state index in [0.29, 0.717) is 28.3 Å². The molecule has 1 saturated carbocycles. The van der Waals surface area contributed by atoms with Gasteiger partial charge < -0.3 is 5.73 Å². The molecule has 112 valence electrons. The van der Waals surface area contributed by atoms with E-state index >= 15 is 0 Å². The summed E-state index contributed by atoms with van der Waals surface area (Å²) in [6, 6.07) is 3.42. The molecule has 0 bridgehead atoms. The maximum absolute atomic E-state index is 12.5. The van der Waals surface area contributed by atoms with Crippen LogP contribution in [0.5, 0.6) is 0 Å². The van der Waals surface area contributed by atoms with Gasteiger partial charge in [-0.2, -0.15) is 0 Å². The van der Waals surface area contributed by atoms with Crippen molar-refractivity contribution in [3.63, 3.8) is 0 Å². The van der Waals surface area contributed by atoms with Crippen LogP contribution in [0.25, 0.3) is 0 Å². The fourth-order valence-corrected chi connectivity index (χ4v) is 4.56. The lowest BCUT2D eigenvalue weighted by atomic mass is 10.0. The van der Waals surface area contributed by atoms with Gasteiger partial charge in [0.05, 0.1) is 4.90 Å². The molecule has 0 radical (unpaired) electrons. The number of hydrogen-bond acceptors (Lipinski definition) is 3. The minimum atomic E-state index is -3.46. The van der Waals surface area contributed by atoms with Crippen LogP contribution in [0.3, 0.4) is 0 Å². The van der Waals surface area contributed by atoms with Crippen LogP contribution in [-0.2, 0) is 10.0 Å². The number of benzene rings is 1. The summed E-state index contributed by atoms with van der Waals surface area (Å²) < 4.78 is 27.8. The van der Waals surface area contributed by atoms with Crippen LogP contribution in [0.15, 0.2) is 17.0 Å². The Morgan fingerprint density at radius 1 is 1.25 bits per heavy atom. The van der Waals surface area contributed by atoms with Crippen molar-refractivity contribution < 1.29 is 8.42 Å². The summed E-state index contributed by atoms with van der Waals surface area (Å²) in [7, 11) is -3.46. The van der Waals surface area contributed by atoms with Gasteiger partial charge in [-0.15, -0.1) is 0 Å². The first-order valence-electron chi connectivity index (χ1n) is 7.16. The summed E-state index contributed by atoms with van der Waals surface area (Å²) >= 11 is 0. The number of hydrogen-bond donors (Lipinski definition) is 2. The topological polar surface area (TPSA) is 72.2 Å². The molecule has 0 aliphatic heterocycles. The number of rotatable bonds is 6. The molecule has 0 saturated heterocycles. The average molecular weight is 296 g/mol. The third kappa shape index (κ3) is 3.15. The monoisotopic (exact) mass is 296 g/mol. The Bertz CT molecular complexity index is 581. The minimum Gasteiger partial charge on any atom is -0.399 e. The number of anilines is 1. The van der Waals surface area contributed by atoms with Gasteiger partial charge in [-0.05, 0) is 61.8 Å². The van der Waals surface area contributed by atoms with E-state index in [-0.39, 0.29) is 5.41 Å². The van der Waals surface area contributed by atoms with Crippen molar-refractivity contribution in [1.82, 2.24) is 4.72 Å². The molecular formula is C15H24N2O2S. The molecule has 1 aliphatic rings. The van der Waals surface area contributed by atoms with Crippen molar-refractivity contribution in [2.24, 2.45) is 5.41 Å². The first-order valence-corrected chi connectivity index (χ1v) is 8.64. The second-order valence-corrected chi connectivity index (χ2v) is 7.76. The molecule has 4 nitrogen and oxygen atoms in total. The largest absolute Gasteiger partial charge is 0.399 e. The van der Waals surface area contributed by atoms with Crippen molar-refractivity contribution in [1.29, 1.82) is 0 Å². The molecule has 0 amide bonds. The van der Waals surface area contributed by atoms with Crippen LogP contribution < -0.4 is 10.5 Å². The molecule has 0 spiro atoms. The first kappa shape index (κ1) is 15.3. The lowest BCUT2D eigenvalue weighted by molar-refractivity contribution is 0.449. The third-order valence-electron chi connectivity index (χ3n) is 4.13. The second-order valence-electron chi connectivity index (χ2n) is 6.06. The molecule has 3 N–H and O–H groups in total. The number of nitrogens with two attached hydrogens (primary N) is 1. The van der Waals surface area contributed by atoms with E-state index in [9.17, 15) is 8.42 Å². The molecule has 1 aromatic rings. The van der Waals surface area contributed by atoms with Crippen molar-refractivity contribution in [2.75, 3.05) is 12.3 Å².